The van der Waals surface area contributed by atoms with Gasteiger partial charge in [-0.2, -0.15) is 4.98 Å². The summed E-state index contributed by atoms with van der Waals surface area (Å²) < 4.78 is 5.42. The summed E-state index contributed by atoms with van der Waals surface area (Å²) in [5.74, 6) is 2.79. The largest absolute Gasteiger partial charge is 0.339 e. The fraction of sp³-hybridized carbons (Fsp3) is 0.421. The van der Waals surface area contributed by atoms with E-state index in [4.69, 9.17) is 4.52 Å². The van der Waals surface area contributed by atoms with Crippen LogP contribution in [0.2, 0.25) is 0 Å². The van der Waals surface area contributed by atoms with E-state index in [0.717, 1.165) is 43.1 Å². The molecule has 3 rings (SSSR count). The molecular formula is C19H24N4O2S. The zero-order valence-electron chi connectivity index (χ0n) is 15.1. The van der Waals surface area contributed by atoms with Crippen LogP contribution in [0.3, 0.4) is 0 Å². The molecule has 0 radical (unpaired) electrons. The Morgan fingerprint density at radius 2 is 2.08 bits per heavy atom. The predicted octanol–water partition coefficient (Wildman–Crippen LogP) is 2.61. The predicted molar refractivity (Wildman–Crippen MR) is 104 cm³/mol. The van der Waals surface area contributed by atoms with Crippen LogP contribution in [-0.2, 0) is 11.3 Å². The molecule has 1 aromatic heterocycles. The fourth-order valence-corrected chi connectivity index (χ4v) is 3.56. The SMILES string of the molecule is C=CCSCC(=O)N1CCN(Cc2nc(-c3ccccc3C)no2)CC1. The average Bonchev–Trinajstić information content (AvgIpc) is 3.11. The van der Waals surface area contributed by atoms with Crippen molar-refractivity contribution in [3.63, 3.8) is 0 Å². The van der Waals surface area contributed by atoms with Gasteiger partial charge in [-0.05, 0) is 12.5 Å². The minimum Gasteiger partial charge on any atom is -0.339 e. The summed E-state index contributed by atoms with van der Waals surface area (Å²) >= 11 is 1.60. The molecule has 0 unspecified atom stereocenters. The molecule has 2 aromatic rings. The number of hydrogen-bond donors (Lipinski definition) is 0. The summed E-state index contributed by atoms with van der Waals surface area (Å²) in [5.41, 5.74) is 2.12. The highest BCUT2D eigenvalue weighted by atomic mass is 32.2. The Labute approximate surface area is 158 Å². The number of carbonyl (C=O) groups is 1. The highest BCUT2D eigenvalue weighted by Gasteiger charge is 2.22. The maximum absolute atomic E-state index is 12.1. The van der Waals surface area contributed by atoms with Gasteiger partial charge >= 0.3 is 0 Å². The highest BCUT2D eigenvalue weighted by molar-refractivity contribution is 8.00. The monoisotopic (exact) mass is 372 g/mol. The molecule has 26 heavy (non-hydrogen) atoms. The van der Waals surface area contributed by atoms with Gasteiger partial charge in [-0.15, -0.1) is 18.3 Å². The van der Waals surface area contributed by atoms with Gasteiger partial charge in [0.25, 0.3) is 0 Å². The van der Waals surface area contributed by atoms with Gasteiger partial charge in [-0.3, -0.25) is 9.69 Å². The van der Waals surface area contributed by atoms with Crippen LogP contribution in [0.4, 0.5) is 0 Å². The van der Waals surface area contributed by atoms with Crippen LogP contribution >= 0.6 is 11.8 Å². The molecule has 1 aliphatic rings. The van der Waals surface area contributed by atoms with Crippen LogP contribution in [0.1, 0.15) is 11.5 Å². The van der Waals surface area contributed by atoms with Crippen molar-refractivity contribution >= 4 is 17.7 Å². The molecule has 1 saturated heterocycles. The molecule has 1 aliphatic heterocycles. The summed E-state index contributed by atoms with van der Waals surface area (Å²) in [7, 11) is 0. The van der Waals surface area contributed by atoms with Crippen LogP contribution < -0.4 is 0 Å². The first-order chi connectivity index (χ1) is 12.7. The van der Waals surface area contributed by atoms with E-state index >= 15 is 0 Å². The summed E-state index contributed by atoms with van der Waals surface area (Å²) in [6.07, 6.45) is 1.82. The minimum atomic E-state index is 0.205. The van der Waals surface area contributed by atoms with Gasteiger partial charge in [0.1, 0.15) is 0 Å². The van der Waals surface area contributed by atoms with E-state index in [0.29, 0.717) is 24.0 Å². The van der Waals surface area contributed by atoms with Crippen molar-refractivity contribution in [1.82, 2.24) is 19.9 Å². The molecule has 0 N–H and O–H groups in total. The third-order valence-corrected chi connectivity index (χ3v) is 5.32. The highest BCUT2D eigenvalue weighted by Crippen LogP contribution is 2.20. The second kappa shape index (κ2) is 9.00. The van der Waals surface area contributed by atoms with Gasteiger partial charge in [0.2, 0.25) is 17.6 Å². The fourth-order valence-electron chi connectivity index (χ4n) is 2.92. The quantitative estimate of drug-likeness (QED) is 0.550. The topological polar surface area (TPSA) is 62.5 Å². The summed E-state index contributed by atoms with van der Waals surface area (Å²) in [4.78, 5) is 20.8. The first-order valence-corrected chi connectivity index (χ1v) is 9.90. The Kier molecular flexibility index (Phi) is 6.46. The first kappa shape index (κ1) is 18.7. The number of rotatable bonds is 7. The first-order valence-electron chi connectivity index (χ1n) is 8.74. The molecule has 0 spiro atoms. The molecule has 6 nitrogen and oxygen atoms in total. The zero-order valence-corrected chi connectivity index (χ0v) is 15.9. The Balaban J connectivity index is 1.50. The average molecular weight is 372 g/mol. The van der Waals surface area contributed by atoms with Crippen molar-refractivity contribution < 1.29 is 9.32 Å². The third kappa shape index (κ3) is 4.74. The van der Waals surface area contributed by atoms with Gasteiger partial charge < -0.3 is 9.42 Å². The molecule has 1 amide bonds. The van der Waals surface area contributed by atoms with E-state index in [1.807, 2.05) is 42.2 Å². The van der Waals surface area contributed by atoms with Crippen molar-refractivity contribution in [3.05, 3.63) is 48.4 Å². The van der Waals surface area contributed by atoms with E-state index in [1.165, 1.54) is 0 Å². The van der Waals surface area contributed by atoms with E-state index in [-0.39, 0.29) is 5.91 Å². The van der Waals surface area contributed by atoms with Gasteiger partial charge in [0.05, 0.1) is 12.3 Å². The molecule has 0 atom stereocenters. The summed E-state index contributed by atoms with van der Waals surface area (Å²) in [6, 6.07) is 8.01. The minimum absolute atomic E-state index is 0.205. The van der Waals surface area contributed by atoms with E-state index in [2.05, 4.69) is 21.6 Å². The standard InChI is InChI=1S/C19H24N4O2S/c1-3-12-26-14-18(24)23-10-8-22(9-11-23)13-17-20-19(21-25-17)16-7-5-4-6-15(16)2/h3-7H,1,8-14H2,2H3. The van der Waals surface area contributed by atoms with Crippen LogP contribution in [0.15, 0.2) is 41.4 Å². The number of aryl methyl sites for hydroxylation is 1. The van der Waals surface area contributed by atoms with Crippen LogP contribution in [0.5, 0.6) is 0 Å². The van der Waals surface area contributed by atoms with Crippen molar-refractivity contribution in [1.29, 1.82) is 0 Å². The third-order valence-electron chi connectivity index (χ3n) is 4.40. The zero-order chi connectivity index (χ0) is 18.4. The molecule has 1 aromatic carbocycles. The molecule has 0 saturated carbocycles. The second-order valence-electron chi connectivity index (χ2n) is 6.29. The molecule has 0 bridgehead atoms. The van der Waals surface area contributed by atoms with Crippen molar-refractivity contribution in [2.75, 3.05) is 37.7 Å². The number of piperazine rings is 1. The van der Waals surface area contributed by atoms with Crippen LogP contribution in [0.25, 0.3) is 11.4 Å². The number of amides is 1. The number of carbonyl (C=O) groups excluding carboxylic acids is 1. The Hall–Kier alpha value is -2.12. The Morgan fingerprint density at radius 1 is 1.31 bits per heavy atom. The number of nitrogens with zero attached hydrogens (tertiary/aromatic N) is 4. The number of thioether (sulfide) groups is 1. The molecular weight excluding hydrogens is 348 g/mol. The number of benzene rings is 1. The normalized spacial score (nSPS) is 15.2. The lowest BCUT2D eigenvalue weighted by Crippen LogP contribution is -2.48. The van der Waals surface area contributed by atoms with Crippen LogP contribution in [0, 0.1) is 6.92 Å². The van der Waals surface area contributed by atoms with Gasteiger partial charge in [-0.25, -0.2) is 0 Å². The Morgan fingerprint density at radius 3 is 2.81 bits per heavy atom. The molecule has 138 valence electrons. The van der Waals surface area contributed by atoms with Crippen LogP contribution in [-0.4, -0.2) is 63.5 Å². The molecule has 0 aliphatic carbocycles. The molecule has 2 heterocycles. The summed E-state index contributed by atoms with van der Waals surface area (Å²) in [6.45, 7) is 9.45. The lowest BCUT2D eigenvalue weighted by Gasteiger charge is -2.33. The van der Waals surface area contributed by atoms with Crippen molar-refractivity contribution in [3.8, 4) is 11.4 Å². The van der Waals surface area contributed by atoms with Crippen molar-refractivity contribution in [2.24, 2.45) is 0 Å². The smallest absolute Gasteiger partial charge is 0.241 e. The van der Waals surface area contributed by atoms with E-state index in [1.54, 1.807) is 11.8 Å². The lowest BCUT2D eigenvalue weighted by atomic mass is 10.1. The molecule has 1 fully saturated rings. The Bertz CT molecular complexity index is 754. The van der Waals surface area contributed by atoms with E-state index < -0.39 is 0 Å². The number of aromatic nitrogens is 2. The maximum Gasteiger partial charge on any atom is 0.241 e. The van der Waals surface area contributed by atoms with E-state index in [9.17, 15) is 4.79 Å². The summed E-state index contributed by atoms with van der Waals surface area (Å²) in [5, 5.41) is 4.11. The maximum atomic E-state index is 12.1. The van der Waals surface area contributed by atoms with Gasteiger partial charge in [0, 0.05) is 37.5 Å². The van der Waals surface area contributed by atoms with Crippen molar-refractivity contribution in [2.45, 2.75) is 13.5 Å². The molecule has 7 heteroatoms. The van der Waals surface area contributed by atoms with Gasteiger partial charge in [-0.1, -0.05) is 35.5 Å². The second-order valence-corrected chi connectivity index (χ2v) is 7.32. The lowest BCUT2D eigenvalue weighted by molar-refractivity contribution is -0.130. The van der Waals surface area contributed by atoms with Gasteiger partial charge in [0.15, 0.2) is 0 Å². The number of hydrogen-bond acceptors (Lipinski definition) is 6.